The Labute approximate surface area is 110 Å². The molecule has 6 nitrogen and oxygen atoms in total. The highest BCUT2D eigenvalue weighted by molar-refractivity contribution is 5.99. The highest BCUT2D eigenvalue weighted by Crippen LogP contribution is 2.27. The maximum absolute atomic E-state index is 12.3. The maximum atomic E-state index is 12.3. The fourth-order valence-corrected chi connectivity index (χ4v) is 2.58. The summed E-state index contributed by atoms with van der Waals surface area (Å²) in [4.78, 5) is 12.3. The Morgan fingerprint density at radius 2 is 1.95 bits per heavy atom. The lowest BCUT2D eigenvalue weighted by molar-refractivity contribution is -0.122. The van der Waals surface area contributed by atoms with Crippen LogP contribution in [-0.2, 0) is 4.79 Å². The van der Waals surface area contributed by atoms with Crippen molar-refractivity contribution in [2.75, 3.05) is 5.32 Å². The number of rotatable bonds is 2. The summed E-state index contributed by atoms with van der Waals surface area (Å²) in [6, 6.07) is 5.43. The molecule has 0 spiro atoms. The third-order valence-corrected chi connectivity index (χ3v) is 3.77. The molecule has 2 aromatic rings. The first-order valence-corrected chi connectivity index (χ1v) is 6.58. The van der Waals surface area contributed by atoms with E-state index >= 15 is 0 Å². The lowest BCUT2D eigenvalue weighted by Crippen LogP contribution is -2.52. The van der Waals surface area contributed by atoms with E-state index in [0.717, 1.165) is 43.1 Å². The quantitative estimate of drug-likeness (QED) is 0.762. The van der Waals surface area contributed by atoms with Crippen LogP contribution in [0, 0.1) is 0 Å². The maximum Gasteiger partial charge on any atom is 0.244 e. The Balaban J connectivity index is 1.78. The summed E-state index contributed by atoms with van der Waals surface area (Å²) < 4.78 is 0. The van der Waals surface area contributed by atoms with Crippen molar-refractivity contribution in [3.8, 4) is 0 Å². The number of nitrogens with zero attached hydrogens (tertiary/aromatic N) is 2. The van der Waals surface area contributed by atoms with Crippen molar-refractivity contribution in [2.24, 2.45) is 5.73 Å². The number of H-pyrrole nitrogens is 1. The predicted octanol–water partition coefficient (Wildman–Crippen LogP) is 1.56. The number of hydrogen-bond acceptors (Lipinski definition) is 4. The molecule has 1 aromatic heterocycles. The molecule has 19 heavy (non-hydrogen) atoms. The first-order valence-electron chi connectivity index (χ1n) is 6.58. The smallest absolute Gasteiger partial charge is 0.244 e. The van der Waals surface area contributed by atoms with Crippen LogP contribution in [0.3, 0.4) is 0 Å². The van der Waals surface area contributed by atoms with Gasteiger partial charge in [0.1, 0.15) is 11.0 Å². The Morgan fingerprint density at radius 1 is 1.21 bits per heavy atom. The van der Waals surface area contributed by atoms with Crippen LogP contribution < -0.4 is 11.1 Å². The summed E-state index contributed by atoms with van der Waals surface area (Å²) in [7, 11) is 0. The number of carbonyl (C=O) groups is 1. The van der Waals surface area contributed by atoms with Crippen LogP contribution in [0.4, 0.5) is 5.69 Å². The number of nitrogens with two attached hydrogens (primary N) is 1. The van der Waals surface area contributed by atoms with Gasteiger partial charge in [0, 0.05) is 5.69 Å². The van der Waals surface area contributed by atoms with E-state index in [9.17, 15) is 4.79 Å². The van der Waals surface area contributed by atoms with Crippen LogP contribution in [0.25, 0.3) is 11.0 Å². The largest absolute Gasteiger partial charge is 0.324 e. The minimum atomic E-state index is -0.725. The molecule has 1 aliphatic carbocycles. The molecular weight excluding hydrogens is 242 g/mol. The number of nitrogens with one attached hydrogen (secondary N) is 2. The van der Waals surface area contributed by atoms with Crippen molar-refractivity contribution < 1.29 is 4.79 Å². The standard InChI is InChI=1S/C13H17N5O/c14-13(6-2-1-3-7-13)12(19)15-9-4-5-10-11(8-9)17-18-16-10/h4-5,8H,1-3,6-7,14H2,(H,15,19)(H,16,17,18). The average molecular weight is 259 g/mol. The lowest BCUT2D eigenvalue weighted by Gasteiger charge is -2.31. The summed E-state index contributed by atoms with van der Waals surface area (Å²) in [5.41, 5.74) is 7.69. The van der Waals surface area contributed by atoms with Gasteiger partial charge in [0.2, 0.25) is 5.91 Å². The molecule has 0 bridgehead atoms. The zero-order chi connectivity index (χ0) is 13.3. The van der Waals surface area contributed by atoms with Gasteiger partial charge in [-0.3, -0.25) is 4.79 Å². The monoisotopic (exact) mass is 259 g/mol. The molecule has 0 aliphatic heterocycles. The second-order valence-corrected chi connectivity index (χ2v) is 5.20. The third-order valence-electron chi connectivity index (χ3n) is 3.77. The second-order valence-electron chi connectivity index (χ2n) is 5.20. The van der Waals surface area contributed by atoms with Gasteiger partial charge < -0.3 is 11.1 Å². The molecule has 1 fully saturated rings. The molecule has 100 valence electrons. The Hall–Kier alpha value is -1.95. The van der Waals surface area contributed by atoms with Gasteiger partial charge in [0.25, 0.3) is 0 Å². The number of amides is 1. The molecule has 1 aliphatic rings. The van der Waals surface area contributed by atoms with E-state index in [4.69, 9.17) is 5.73 Å². The fourth-order valence-electron chi connectivity index (χ4n) is 2.58. The Morgan fingerprint density at radius 3 is 2.74 bits per heavy atom. The van der Waals surface area contributed by atoms with Crippen molar-refractivity contribution in [3.63, 3.8) is 0 Å². The van der Waals surface area contributed by atoms with Crippen LogP contribution in [0.2, 0.25) is 0 Å². The van der Waals surface area contributed by atoms with Gasteiger partial charge in [-0.25, -0.2) is 0 Å². The van der Waals surface area contributed by atoms with Gasteiger partial charge in [0.15, 0.2) is 0 Å². The summed E-state index contributed by atoms with van der Waals surface area (Å²) in [6.07, 6.45) is 4.71. The number of anilines is 1. The van der Waals surface area contributed by atoms with E-state index in [1.54, 1.807) is 6.07 Å². The van der Waals surface area contributed by atoms with Crippen molar-refractivity contribution >= 4 is 22.6 Å². The Bertz CT molecular complexity index is 600. The number of carbonyl (C=O) groups excluding carboxylic acids is 1. The molecule has 3 rings (SSSR count). The molecule has 4 N–H and O–H groups in total. The zero-order valence-electron chi connectivity index (χ0n) is 10.6. The number of aromatic nitrogens is 3. The second kappa shape index (κ2) is 4.62. The molecule has 1 heterocycles. The topological polar surface area (TPSA) is 96.7 Å². The van der Waals surface area contributed by atoms with E-state index in [1.807, 2.05) is 12.1 Å². The van der Waals surface area contributed by atoms with Gasteiger partial charge in [-0.15, -0.1) is 0 Å². The molecule has 6 heteroatoms. The van der Waals surface area contributed by atoms with Crippen LogP contribution in [0.5, 0.6) is 0 Å². The van der Waals surface area contributed by atoms with Crippen LogP contribution in [0.1, 0.15) is 32.1 Å². The first-order chi connectivity index (χ1) is 9.17. The van der Waals surface area contributed by atoms with Crippen LogP contribution in [0.15, 0.2) is 18.2 Å². The van der Waals surface area contributed by atoms with E-state index in [-0.39, 0.29) is 5.91 Å². The first kappa shape index (κ1) is 12.1. The van der Waals surface area contributed by atoms with Gasteiger partial charge in [-0.2, -0.15) is 15.4 Å². The van der Waals surface area contributed by atoms with Crippen molar-refractivity contribution in [1.82, 2.24) is 15.4 Å². The van der Waals surface area contributed by atoms with Gasteiger partial charge in [-0.1, -0.05) is 19.3 Å². The van der Waals surface area contributed by atoms with E-state index in [1.165, 1.54) is 0 Å². The molecule has 0 saturated heterocycles. The summed E-state index contributed by atoms with van der Waals surface area (Å²) in [5.74, 6) is -0.102. The normalized spacial score (nSPS) is 18.4. The molecule has 0 radical (unpaired) electrons. The zero-order valence-corrected chi connectivity index (χ0v) is 10.6. The fraction of sp³-hybridized carbons (Fsp3) is 0.462. The number of aromatic amines is 1. The molecule has 0 unspecified atom stereocenters. The van der Waals surface area contributed by atoms with Gasteiger partial charge in [0.05, 0.1) is 5.54 Å². The predicted molar refractivity (Wildman–Crippen MR) is 72.5 cm³/mol. The summed E-state index contributed by atoms with van der Waals surface area (Å²) in [6.45, 7) is 0. The molecular formula is C13H17N5O. The number of hydrogen-bond donors (Lipinski definition) is 3. The highest BCUT2D eigenvalue weighted by Gasteiger charge is 2.35. The molecule has 1 saturated carbocycles. The average Bonchev–Trinajstić information content (AvgIpc) is 2.87. The minimum absolute atomic E-state index is 0.102. The van der Waals surface area contributed by atoms with Gasteiger partial charge >= 0.3 is 0 Å². The van der Waals surface area contributed by atoms with Crippen molar-refractivity contribution in [2.45, 2.75) is 37.6 Å². The summed E-state index contributed by atoms with van der Waals surface area (Å²) in [5, 5.41) is 13.4. The van der Waals surface area contributed by atoms with Crippen LogP contribution >= 0.6 is 0 Å². The molecule has 1 amide bonds. The van der Waals surface area contributed by atoms with E-state index in [0.29, 0.717) is 5.69 Å². The molecule has 1 aromatic carbocycles. The SMILES string of the molecule is NC1(C(=O)Nc2ccc3n[nH]nc3c2)CCCCC1. The molecule has 0 atom stereocenters. The number of benzene rings is 1. The van der Waals surface area contributed by atoms with E-state index < -0.39 is 5.54 Å². The van der Waals surface area contributed by atoms with Crippen LogP contribution in [-0.4, -0.2) is 26.9 Å². The Kier molecular flexibility index (Phi) is 2.94. The summed E-state index contributed by atoms with van der Waals surface area (Å²) >= 11 is 0. The van der Waals surface area contributed by atoms with Crippen molar-refractivity contribution in [3.05, 3.63) is 18.2 Å². The minimum Gasteiger partial charge on any atom is -0.324 e. The third kappa shape index (κ3) is 2.31. The van der Waals surface area contributed by atoms with Gasteiger partial charge in [-0.05, 0) is 31.0 Å². The van der Waals surface area contributed by atoms with Crippen molar-refractivity contribution in [1.29, 1.82) is 0 Å². The van der Waals surface area contributed by atoms with E-state index in [2.05, 4.69) is 20.7 Å². The number of fused-ring (bicyclic) bond motifs is 1. The lowest BCUT2D eigenvalue weighted by atomic mass is 9.82. The highest BCUT2D eigenvalue weighted by atomic mass is 16.2.